The molecule has 0 atom stereocenters. The van der Waals surface area contributed by atoms with Crippen molar-refractivity contribution < 1.29 is 4.92 Å². The van der Waals surface area contributed by atoms with Crippen LogP contribution in [-0.4, -0.2) is 20.1 Å². The number of fused-ring (bicyclic) bond motifs is 1. The summed E-state index contributed by atoms with van der Waals surface area (Å²) in [5.74, 6) is 0. The second-order valence-corrected chi connectivity index (χ2v) is 4.85. The zero-order valence-corrected chi connectivity index (χ0v) is 11.1. The number of hydrogen-bond acceptors (Lipinski definition) is 4. The maximum Gasteiger partial charge on any atom is 0.270 e. The highest BCUT2D eigenvalue weighted by molar-refractivity contribution is 9.10. The van der Waals surface area contributed by atoms with E-state index in [1.54, 1.807) is 18.3 Å². The third kappa shape index (κ3) is 2.08. The fourth-order valence-electron chi connectivity index (χ4n) is 1.86. The second-order valence-electron chi connectivity index (χ2n) is 3.93. The maximum absolute atomic E-state index is 10.8. The van der Waals surface area contributed by atoms with E-state index in [1.165, 1.54) is 12.1 Å². The van der Waals surface area contributed by atoms with Gasteiger partial charge < -0.3 is 0 Å². The average molecular weight is 319 g/mol. The fraction of sp³-hybridized carbons (Fsp3) is 0. The molecule has 19 heavy (non-hydrogen) atoms. The van der Waals surface area contributed by atoms with Gasteiger partial charge >= 0.3 is 0 Å². The van der Waals surface area contributed by atoms with Crippen LogP contribution in [0, 0.1) is 10.1 Å². The highest BCUT2D eigenvalue weighted by atomic mass is 79.9. The highest BCUT2D eigenvalue weighted by Crippen LogP contribution is 2.29. The number of halogens is 1. The number of nitro benzene ring substituents is 1. The van der Waals surface area contributed by atoms with Gasteiger partial charge in [0.25, 0.3) is 5.69 Å². The number of nitrogens with zero attached hydrogens (tertiary/aromatic N) is 3. The lowest BCUT2D eigenvalue weighted by Gasteiger charge is -1.98. The van der Waals surface area contributed by atoms with Gasteiger partial charge in [0.15, 0.2) is 5.65 Å². The number of non-ortho nitro benzene ring substituents is 1. The van der Waals surface area contributed by atoms with Gasteiger partial charge in [-0.2, -0.15) is 5.10 Å². The molecule has 6 nitrogen and oxygen atoms in total. The van der Waals surface area contributed by atoms with Gasteiger partial charge in [-0.1, -0.05) is 12.1 Å². The molecule has 0 aliphatic heterocycles. The lowest BCUT2D eigenvalue weighted by molar-refractivity contribution is -0.384. The van der Waals surface area contributed by atoms with Crippen LogP contribution >= 0.6 is 15.9 Å². The molecule has 0 saturated carbocycles. The minimum absolute atomic E-state index is 0.0385. The summed E-state index contributed by atoms with van der Waals surface area (Å²) in [6.07, 6.45) is 1.66. The van der Waals surface area contributed by atoms with Crippen LogP contribution in [0.4, 0.5) is 5.69 Å². The van der Waals surface area contributed by atoms with Crippen LogP contribution in [0.3, 0.4) is 0 Å². The van der Waals surface area contributed by atoms with Crippen molar-refractivity contribution in [3.05, 3.63) is 51.1 Å². The van der Waals surface area contributed by atoms with E-state index in [4.69, 9.17) is 0 Å². The molecule has 0 spiro atoms. The van der Waals surface area contributed by atoms with E-state index in [0.29, 0.717) is 16.9 Å². The Morgan fingerprint density at radius 1 is 1.32 bits per heavy atom. The van der Waals surface area contributed by atoms with Crippen molar-refractivity contribution in [1.29, 1.82) is 0 Å². The molecule has 1 N–H and O–H groups in total. The van der Waals surface area contributed by atoms with Gasteiger partial charge in [0.2, 0.25) is 0 Å². The molecule has 0 aliphatic carbocycles. The molecule has 0 unspecified atom stereocenters. The van der Waals surface area contributed by atoms with Crippen molar-refractivity contribution in [3.63, 3.8) is 0 Å². The molecule has 0 radical (unpaired) electrons. The molecule has 0 saturated heterocycles. The topological polar surface area (TPSA) is 84.7 Å². The van der Waals surface area contributed by atoms with Crippen LogP contribution in [0.15, 0.2) is 41.0 Å². The molecular formula is C12H7BrN4O2. The molecule has 0 fully saturated rings. The lowest BCUT2D eigenvalue weighted by Crippen LogP contribution is -1.88. The van der Waals surface area contributed by atoms with E-state index in [0.717, 1.165) is 9.86 Å². The summed E-state index contributed by atoms with van der Waals surface area (Å²) in [6.45, 7) is 0. The number of hydrogen-bond donors (Lipinski definition) is 1. The lowest BCUT2D eigenvalue weighted by atomic mass is 10.1. The largest absolute Gasteiger partial charge is 0.270 e. The van der Waals surface area contributed by atoms with E-state index in [9.17, 15) is 10.1 Å². The smallest absolute Gasteiger partial charge is 0.260 e. The van der Waals surface area contributed by atoms with Gasteiger partial charge in [0, 0.05) is 33.8 Å². The molecule has 94 valence electrons. The van der Waals surface area contributed by atoms with Crippen LogP contribution in [0.25, 0.3) is 22.3 Å². The fourth-order valence-corrected chi connectivity index (χ4v) is 2.20. The molecule has 3 rings (SSSR count). The average Bonchev–Trinajstić information content (AvgIpc) is 2.81. The van der Waals surface area contributed by atoms with Crippen LogP contribution in [-0.2, 0) is 0 Å². The summed E-state index contributed by atoms with van der Waals surface area (Å²) in [6, 6.07) is 8.24. The quantitative estimate of drug-likeness (QED) is 0.580. The molecule has 2 heterocycles. The Morgan fingerprint density at radius 2 is 2.16 bits per heavy atom. The Bertz CT molecular complexity index is 784. The maximum atomic E-state index is 10.8. The first-order valence-electron chi connectivity index (χ1n) is 5.39. The van der Waals surface area contributed by atoms with Crippen LogP contribution in [0.1, 0.15) is 0 Å². The predicted molar refractivity (Wildman–Crippen MR) is 73.7 cm³/mol. The molecule has 2 aromatic heterocycles. The normalized spacial score (nSPS) is 10.8. The van der Waals surface area contributed by atoms with Crippen molar-refractivity contribution in [3.8, 4) is 11.3 Å². The van der Waals surface area contributed by atoms with Gasteiger partial charge in [0.05, 0.1) is 4.92 Å². The van der Waals surface area contributed by atoms with Crippen LogP contribution in [0.2, 0.25) is 0 Å². The monoisotopic (exact) mass is 318 g/mol. The zero-order valence-electron chi connectivity index (χ0n) is 9.50. The standard InChI is InChI=1S/C12H7BrN4O2/c13-8-5-10-11(15-16-12(10)14-6-8)7-2-1-3-9(4-7)17(18)19/h1-6H,(H,14,15,16). The molecule has 7 heteroatoms. The number of pyridine rings is 1. The first kappa shape index (κ1) is 11.8. The number of benzene rings is 1. The molecule has 0 amide bonds. The zero-order chi connectivity index (χ0) is 13.4. The number of aromatic amines is 1. The second kappa shape index (κ2) is 4.43. The van der Waals surface area contributed by atoms with Gasteiger partial charge in [-0.25, -0.2) is 4.98 Å². The first-order valence-corrected chi connectivity index (χ1v) is 6.19. The number of aromatic nitrogens is 3. The van der Waals surface area contributed by atoms with Gasteiger partial charge in [-0.05, 0) is 22.0 Å². The SMILES string of the molecule is O=[N+]([O-])c1cccc(-c2n[nH]c3ncc(Br)cc23)c1. The van der Waals surface area contributed by atoms with E-state index in [2.05, 4.69) is 31.1 Å². The van der Waals surface area contributed by atoms with Crippen molar-refractivity contribution in [2.45, 2.75) is 0 Å². The molecule has 0 aliphatic rings. The van der Waals surface area contributed by atoms with E-state index >= 15 is 0 Å². The molecular weight excluding hydrogens is 312 g/mol. The van der Waals surface area contributed by atoms with Gasteiger partial charge in [0.1, 0.15) is 5.69 Å². The number of rotatable bonds is 2. The summed E-state index contributed by atoms with van der Waals surface area (Å²) in [5.41, 5.74) is 2.01. The summed E-state index contributed by atoms with van der Waals surface area (Å²) in [4.78, 5) is 14.6. The Kier molecular flexibility index (Phi) is 2.75. The number of nitrogens with one attached hydrogen (secondary N) is 1. The molecule has 3 aromatic rings. The van der Waals surface area contributed by atoms with Crippen LogP contribution in [0.5, 0.6) is 0 Å². The Hall–Kier alpha value is -2.28. The Labute approximate surface area is 115 Å². The van der Waals surface area contributed by atoms with Gasteiger partial charge in [-0.15, -0.1) is 0 Å². The van der Waals surface area contributed by atoms with Crippen molar-refractivity contribution in [2.24, 2.45) is 0 Å². The summed E-state index contributed by atoms with van der Waals surface area (Å²) in [7, 11) is 0. The summed E-state index contributed by atoms with van der Waals surface area (Å²) < 4.78 is 0.827. The van der Waals surface area contributed by atoms with Crippen molar-refractivity contribution in [2.75, 3.05) is 0 Å². The summed E-state index contributed by atoms with van der Waals surface area (Å²) in [5, 5.41) is 18.6. The molecule has 0 bridgehead atoms. The van der Waals surface area contributed by atoms with E-state index < -0.39 is 4.92 Å². The predicted octanol–water partition coefficient (Wildman–Crippen LogP) is 3.30. The number of nitro groups is 1. The van der Waals surface area contributed by atoms with Gasteiger partial charge in [-0.3, -0.25) is 15.2 Å². The minimum atomic E-state index is -0.424. The van der Waals surface area contributed by atoms with Crippen molar-refractivity contribution in [1.82, 2.24) is 15.2 Å². The number of H-pyrrole nitrogens is 1. The van der Waals surface area contributed by atoms with E-state index in [1.807, 2.05) is 6.07 Å². The Morgan fingerprint density at radius 3 is 2.95 bits per heavy atom. The first-order chi connectivity index (χ1) is 9.15. The molecule has 1 aromatic carbocycles. The Balaban J connectivity index is 2.21. The van der Waals surface area contributed by atoms with Crippen molar-refractivity contribution >= 4 is 32.7 Å². The van der Waals surface area contributed by atoms with Crippen LogP contribution < -0.4 is 0 Å². The minimum Gasteiger partial charge on any atom is -0.260 e. The third-order valence-corrected chi connectivity index (χ3v) is 3.15. The van der Waals surface area contributed by atoms with E-state index in [-0.39, 0.29) is 5.69 Å². The highest BCUT2D eigenvalue weighted by Gasteiger charge is 2.12. The summed E-state index contributed by atoms with van der Waals surface area (Å²) >= 11 is 3.35. The third-order valence-electron chi connectivity index (χ3n) is 2.71.